The maximum atomic E-state index is 13.5. The van der Waals surface area contributed by atoms with Gasteiger partial charge in [-0.2, -0.15) is 0 Å². The molecule has 0 unspecified atom stereocenters. The summed E-state index contributed by atoms with van der Waals surface area (Å²) in [5.41, 5.74) is 10.7. The number of hydrogen-bond acceptors (Lipinski definition) is 3. The Morgan fingerprint density at radius 3 is 2.08 bits per heavy atom. The van der Waals surface area contributed by atoms with Crippen molar-refractivity contribution in [2.75, 3.05) is 14.1 Å². The highest BCUT2D eigenvalue weighted by atomic mass is 16.2. The van der Waals surface area contributed by atoms with Gasteiger partial charge in [0.15, 0.2) is 0 Å². The van der Waals surface area contributed by atoms with Gasteiger partial charge in [-0.05, 0) is 46.9 Å². The normalized spacial score (nSPS) is 12.4. The van der Waals surface area contributed by atoms with Crippen LogP contribution in [-0.2, 0) is 11.2 Å². The highest BCUT2D eigenvalue weighted by molar-refractivity contribution is 5.96. The first-order valence-electron chi connectivity index (χ1n) is 13.2. The van der Waals surface area contributed by atoms with Crippen LogP contribution in [0.2, 0.25) is 0 Å². The van der Waals surface area contributed by atoms with Gasteiger partial charge in [0.2, 0.25) is 5.91 Å². The smallest absolute Gasteiger partial charge is 0.251 e. The third-order valence-corrected chi connectivity index (χ3v) is 6.73. The SMILES string of the molecule is CN(C)C(=O)[C@H](Cc1cccc(C(=N)N)c1)[C@@H](/C=C/c1ccccc1)NC(=O)c1ccc(-c2ccccc2)cc1. The van der Waals surface area contributed by atoms with Crippen molar-refractivity contribution in [3.05, 3.63) is 138 Å². The van der Waals surface area contributed by atoms with Crippen LogP contribution in [0.15, 0.2) is 115 Å². The first-order chi connectivity index (χ1) is 19.3. The average molecular weight is 531 g/mol. The van der Waals surface area contributed by atoms with Crippen LogP contribution in [0.3, 0.4) is 0 Å². The Hall–Kier alpha value is -4.97. The number of benzene rings is 4. The zero-order chi connectivity index (χ0) is 28.5. The molecule has 6 nitrogen and oxygen atoms in total. The van der Waals surface area contributed by atoms with E-state index < -0.39 is 12.0 Å². The molecule has 0 aliphatic carbocycles. The van der Waals surface area contributed by atoms with E-state index >= 15 is 0 Å². The fourth-order valence-corrected chi connectivity index (χ4v) is 4.56. The lowest BCUT2D eigenvalue weighted by Crippen LogP contribution is -2.46. The van der Waals surface area contributed by atoms with Crippen LogP contribution in [0.4, 0.5) is 0 Å². The molecule has 202 valence electrons. The van der Waals surface area contributed by atoms with Crippen molar-refractivity contribution in [1.29, 1.82) is 5.41 Å². The minimum Gasteiger partial charge on any atom is -0.384 e. The molecule has 0 saturated heterocycles. The predicted molar refractivity (Wildman–Crippen MR) is 162 cm³/mol. The quantitative estimate of drug-likeness (QED) is 0.189. The van der Waals surface area contributed by atoms with Crippen molar-refractivity contribution in [2.24, 2.45) is 11.7 Å². The first kappa shape index (κ1) is 28.0. The molecule has 0 bridgehead atoms. The van der Waals surface area contributed by atoms with E-state index in [2.05, 4.69) is 5.32 Å². The molecule has 0 radical (unpaired) electrons. The summed E-state index contributed by atoms with van der Waals surface area (Å²) >= 11 is 0. The predicted octanol–water partition coefficient (Wildman–Crippen LogP) is 5.40. The van der Waals surface area contributed by atoms with Crippen molar-refractivity contribution in [2.45, 2.75) is 12.5 Å². The van der Waals surface area contributed by atoms with E-state index in [-0.39, 0.29) is 17.6 Å². The van der Waals surface area contributed by atoms with E-state index in [1.54, 1.807) is 37.2 Å². The van der Waals surface area contributed by atoms with Crippen LogP contribution in [0.25, 0.3) is 17.2 Å². The number of carbonyl (C=O) groups is 2. The van der Waals surface area contributed by atoms with Crippen LogP contribution in [0, 0.1) is 11.3 Å². The molecule has 4 aromatic rings. The molecule has 0 aliphatic rings. The lowest BCUT2D eigenvalue weighted by Gasteiger charge is -2.28. The second-order valence-electron chi connectivity index (χ2n) is 9.87. The number of amides is 2. The van der Waals surface area contributed by atoms with E-state index in [0.29, 0.717) is 17.5 Å². The maximum absolute atomic E-state index is 13.5. The standard InChI is InChI=1S/C34H34N4O2/c1-38(2)34(40)30(23-25-12-9-15-29(22-25)32(35)36)31(21-16-24-10-5-3-6-11-24)37-33(39)28-19-17-27(18-20-28)26-13-7-4-8-14-26/h3-22,30-31H,23H2,1-2H3,(H3,35,36)(H,37,39)/b21-16+/t30-,31-/m1/s1. The fourth-order valence-electron chi connectivity index (χ4n) is 4.56. The van der Waals surface area contributed by atoms with E-state index in [0.717, 1.165) is 22.3 Å². The van der Waals surface area contributed by atoms with Gasteiger partial charge in [0.1, 0.15) is 5.84 Å². The zero-order valence-electron chi connectivity index (χ0n) is 22.7. The van der Waals surface area contributed by atoms with Crippen molar-refractivity contribution in [3.63, 3.8) is 0 Å². The topological polar surface area (TPSA) is 99.3 Å². The Morgan fingerprint density at radius 1 is 0.825 bits per heavy atom. The van der Waals surface area contributed by atoms with E-state index in [9.17, 15) is 9.59 Å². The summed E-state index contributed by atoms with van der Waals surface area (Å²) in [4.78, 5) is 28.6. The van der Waals surface area contributed by atoms with Crippen LogP contribution >= 0.6 is 0 Å². The van der Waals surface area contributed by atoms with Crippen LogP contribution in [0.5, 0.6) is 0 Å². The molecule has 40 heavy (non-hydrogen) atoms. The number of carbonyl (C=O) groups excluding carboxylic acids is 2. The number of nitrogen functional groups attached to an aromatic ring is 1. The number of rotatable bonds is 10. The second-order valence-corrected chi connectivity index (χ2v) is 9.87. The molecular weight excluding hydrogens is 496 g/mol. The molecule has 0 aliphatic heterocycles. The third kappa shape index (κ3) is 7.32. The molecule has 2 atom stereocenters. The lowest BCUT2D eigenvalue weighted by atomic mass is 9.89. The van der Waals surface area contributed by atoms with Gasteiger partial charge in [0, 0.05) is 25.2 Å². The lowest BCUT2D eigenvalue weighted by molar-refractivity contribution is -0.133. The van der Waals surface area contributed by atoms with Crippen LogP contribution in [0.1, 0.15) is 27.0 Å². The number of nitrogens with two attached hydrogens (primary N) is 1. The van der Waals surface area contributed by atoms with E-state index in [1.165, 1.54) is 0 Å². The Kier molecular flexibility index (Phi) is 9.26. The molecule has 0 fully saturated rings. The van der Waals surface area contributed by atoms with Gasteiger partial charge in [-0.25, -0.2) is 0 Å². The fraction of sp³-hybridized carbons (Fsp3) is 0.147. The Labute approximate surface area is 235 Å². The summed E-state index contributed by atoms with van der Waals surface area (Å²) in [7, 11) is 3.42. The van der Waals surface area contributed by atoms with Gasteiger partial charge in [-0.1, -0.05) is 103 Å². The molecule has 4 rings (SSSR count). The minimum atomic E-state index is -0.600. The monoisotopic (exact) mass is 530 g/mol. The average Bonchev–Trinajstić information content (AvgIpc) is 2.99. The van der Waals surface area contributed by atoms with Gasteiger partial charge >= 0.3 is 0 Å². The Morgan fingerprint density at radius 2 is 1.45 bits per heavy atom. The molecule has 2 amide bonds. The highest BCUT2D eigenvalue weighted by Crippen LogP contribution is 2.21. The molecule has 0 heterocycles. The number of amidine groups is 1. The molecule has 4 aromatic carbocycles. The van der Waals surface area contributed by atoms with Crippen molar-refractivity contribution in [3.8, 4) is 11.1 Å². The largest absolute Gasteiger partial charge is 0.384 e. The molecular formula is C34H34N4O2. The Bertz CT molecular complexity index is 1480. The summed E-state index contributed by atoms with van der Waals surface area (Å²) in [6.07, 6.45) is 4.16. The summed E-state index contributed by atoms with van der Waals surface area (Å²) in [6.45, 7) is 0. The third-order valence-electron chi connectivity index (χ3n) is 6.73. The maximum Gasteiger partial charge on any atom is 0.251 e. The summed E-state index contributed by atoms with van der Waals surface area (Å²) in [5, 5.41) is 10.9. The molecule has 6 heteroatoms. The first-order valence-corrected chi connectivity index (χ1v) is 13.2. The van der Waals surface area contributed by atoms with E-state index in [1.807, 2.05) is 103 Å². The van der Waals surface area contributed by atoms with Crippen LogP contribution < -0.4 is 11.1 Å². The Balaban J connectivity index is 1.65. The minimum absolute atomic E-state index is 0.0369. The molecule has 0 aromatic heterocycles. The van der Waals surface area contributed by atoms with Crippen molar-refractivity contribution >= 4 is 23.7 Å². The van der Waals surface area contributed by atoms with Gasteiger partial charge in [-0.15, -0.1) is 0 Å². The van der Waals surface area contributed by atoms with Crippen molar-refractivity contribution in [1.82, 2.24) is 10.2 Å². The van der Waals surface area contributed by atoms with Gasteiger partial charge in [0.25, 0.3) is 5.91 Å². The number of hydrogen-bond donors (Lipinski definition) is 3. The number of nitrogens with zero attached hydrogens (tertiary/aromatic N) is 1. The van der Waals surface area contributed by atoms with Gasteiger partial charge < -0.3 is 16.0 Å². The zero-order valence-corrected chi connectivity index (χ0v) is 22.7. The molecule has 0 spiro atoms. The van der Waals surface area contributed by atoms with Crippen LogP contribution in [-0.4, -0.2) is 42.7 Å². The second kappa shape index (κ2) is 13.2. The van der Waals surface area contributed by atoms with E-state index in [4.69, 9.17) is 11.1 Å². The summed E-state index contributed by atoms with van der Waals surface area (Å²) < 4.78 is 0. The summed E-state index contributed by atoms with van der Waals surface area (Å²) in [6, 6.07) is 33.9. The number of nitrogens with one attached hydrogen (secondary N) is 2. The van der Waals surface area contributed by atoms with Crippen molar-refractivity contribution < 1.29 is 9.59 Å². The highest BCUT2D eigenvalue weighted by Gasteiger charge is 2.30. The van der Waals surface area contributed by atoms with Gasteiger partial charge in [-0.3, -0.25) is 15.0 Å². The molecule has 4 N–H and O–H groups in total. The molecule has 0 saturated carbocycles. The summed E-state index contributed by atoms with van der Waals surface area (Å²) in [5.74, 6) is -1.01. The van der Waals surface area contributed by atoms with Gasteiger partial charge in [0.05, 0.1) is 12.0 Å².